The number of carbonyl (C=O) groups excluding carboxylic acids is 2. The number of hydrogen-bond acceptors (Lipinski definition) is 6. The zero-order valence-electron chi connectivity index (χ0n) is 19.9. The van der Waals surface area contributed by atoms with Crippen LogP contribution in [0.15, 0.2) is 93.0 Å². The van der Waals surface area contributed by atoms with E-state index in [4.69, 9.17) is 9.15 Å². The molecule has 184 valence electrons. The van der Waals surface area contributed by atoms with Crippen LogP contribution in [0.3, 0.4) is 0 Å². The van der Waals surface area contributed by atoms with Gasteiger partial charge >= 0.3 is 0 Å². The minimum absolute atomic E-state index is 0.00823. The first-order valence-corrected chi connectivity index (χ1v) is 12.3. The van der Waals surface area contributed by atoms with Crippen LogP contribution in [0.25, 0.3) is 11.0 Å². The summed E-state index contributed by atoms with van der Waals surface area (Å²) in [4.78, 5) is 28.5. The second-order valence-corrected chi connectivity index (χ2v) is 9.77. The van der Waals surface area contributed by atoms with Gasteiger partial charge in [0.05, 0.1) is 29.4 Å². The number of aliphatic hydroxyl groups excluding tert-OH is 1. The number of anilines is 1. The summed E-state index contributed by atoms with van der Waals surface area (Å²) < 4.78 is 12.4. The molecule has 1 unspecified atom stereocenters. The van der Waals surface area contributed by atoms with Crippen LogP contribution in [-0.2, 0) is 4.79 Å². The lowest BCUT2D eigenvalue weighted by atomic mass is 9.94. The van der Waals surface area contributed by atoms with E-state index in [1.807, 2.05) is 26.0 Å². The van der Waals surface area contributed by atoms with Gasteiger partial charge in [0.1, 0.15) is 11.3 Å². The molecule has 0 fully saturated rings. The summed E-state index contributed by atoms with van der Waals surface area (Å²) in [5, 5.41) is 20.9. The molecular weight excluding hydrogens is 536 g/mol. The molecule has 2 heterocycles. The average Bonchev–Trinajstić information content (AvgIpc) is 3.42. The van der Waals surface area contributed by atoms with E-state index in [0.717, 1.165) is 4.47 Å². The number of amides is 1. The van der Waals surface area contributed by atoms with Gasteiger partial charge in [-0.15, -0.1) is 0 Å². The molecule has 0 aliphatic carbocycles. The SMILES string of the molecule is CC(C)Oc1ccc(C2C(C(=O)c3cc4cc(Br)ccc4o3)=C(O)C(=O)N2c2ccc(C#N)cc2)cc1. The van der Waals surface area contributed by atoms with E-state index in [2.05, 4.69) is 15.9 Å². The van der Waals surface area contributed by atoms with E-state index in [1.54, 1.807) is 66.7 Å². The van der Waals surface area contributed by atoms with E-state index in [1.165, 1.54) is 4.90 Å². The van der Waals surface area contributed by atoms with Crippen LogP contribution in [0.4, 0.5) is 5.69 Å². The van der Waals surface area contributed by atoms with Gasteiger partial charge in [0.2, 0.25) is 5.78 Å². The highest BCUT2D eigenvalue weighted by molar-refractivity contribution is 9.10. The molecule has 0 saturated heterocycles. The molecule has 1 aliphatic heterocycles. The number of nitrogens with zero attached hydrogens (tertiary/aromatic N) is 2. The zero-order valence-corrected chi connectivity index (χ0v) is 21.5. The van der Waals surface area contributed by atoms with Crippen LogP contribution >= 0.6 is 15.9 Å². The first-order chi connectivity index (χ1) is 17.8. The molecular formula is C29H21BrN2O5. The van der Waals surface area contributed by atoms with Gasteiger partial charge in [-0.1, -0.05) is 28.1 Å². The van der Waals surface area contributed by atoms with Gasteiger partial charge in [-0.25, -0.2) is 0 Å². The number of nitriles is 1. The minimum atomic E-state index is -0.930. The first kappa shape index (κ1) is 24.3. The van der Waals surface area contributed by atoms with Crippen molar-refractivity contribution in [3.63, 3.8) is 0 Å². The summed E-state index contributed by atoms with van der Waals surface area (Å²) in [7, 11) is 0. The van der Waals surface area contributed by atoms with Crippen molar-refractivity contribution >= 4 is 44.3 Å². The first-order valence-electron chi connectivity index (χ1n) is 11.5. The number of halogens is 1. The fraction of sp³-hybridized carbons (Fsp3) is 0.138. The van der Waals surface area contributed by atoms with Gasteiger partial charge in [-0.05, 0) is 80.1 Å². The van der Waals surface area contributed by atoms with Crippen LogP contribution in [0.2, 0.25) is 0 Å². The van der Waals surface area contributed by atoms with Crippen LogP contribution in [0, 0.1) is 11.3 Å². The van der Waals surface area contributed by atoms with Gasteiger partial charge < -0.3 is 14.3 Å². The number of aliphatic hydroxyl groups is 1. The third kappa shape index (κ3) is 4.50. The number of Topliss-reactive ketones (excluding diaryl/α,β-unsaturated/α-hetero) is 1. The molecule has 4 aromatic rings. The Kier molecular flexibility index (Phi) is 6.32. The Balaban J connectivity index is 1.62. The standard InChI is InChI=1S/C29H21BrN2O5/c1-16(2)36-22-10-5-18(6-11-22)26-25(27(33)24-14-19-13-20(30)7-12-23(19)37-24)28(34)29(35)32(26)21-8-3-17(15-31)4-9-21/h3-14,16,26,34H,1-2H3. The Bertz CT molecular complexity index is 1590. The minimum Gasteiger partial charge on any atom is -0.503 e. The largest absolute Gasteiger partial charge is 0.503 e. The number of ether oxygens (including phenoxy) is 1. The molecule has 1 aliphatic rings. The van der Waals surface area contributed by atoms with Crippen LogP contribution in [0.1, 0.15) is 41.6 Å². The van der Waals surface area contributed by atoms with Crippen molar-refractivity contribution < 1.29 is 23.8 Å². The lowest BCUT2D eigenvalue weighted by Gasteiger charge is -2.27. The van der Waals surface area contributed by atoms with E-state index in [0.29, 0.717) is 33.5 Å². The number of ketones is 1. The monoisotopic (exact) mass is 556 g/mol. The molecule has 5 rings (SSSR count). The van der Waals surface area contributed by atoms with Gasteiger partial charge in [0.25, 0.3) is 5.91 Å². The number of benzene rings is 3. The Hall–Kier alpha value is -4.35. The quantitative estimate of drug-likeness (QED) is 0.267. The average molecular weight is 557 g/mol. The normalized spacial score (nSPS) is 15.5. The highest BCUT2D eigenvalue weighted by atomic mass is 79.9. The Morgan fingerprint density at radius 2 is 1.78 bits per heavy atom. The number of carbonyl (C=O) groups is 2. The third-order valence-electron chi connectivity index (χ3n) is 6.00. The molecule has 37 heavy (non-hydrogen) atoms. The molecule has 8 heteroatoms. The molecule has 0 bridgehead atoms. The van der Waals surface area contributed by atoms with Crippen molar-refractivity contribution in [3.05, 3.63) is 105 Å². The summed E-state index contributed by atoms with van der Waals surface area (Å²) in [5.41, 5.74) is 1.86. The Labute approximate surface area is 221 Å². The molecule has 3 aromatic carbocycles. The number of rotatable bonds is 6. The summed E-state index contributed by atoms with van der Waals surface area (Å²) in [5.74, 6) is -1.32. The van der Waals surface area contributed by atoms with Gasteiger partial charge in [-0.2, -0.15) is 5.26 Å². The van der Waals surface area contributed by atoms with E-state index in [-0.39, 0.29) is 17.4 Å². The van der Waals surface area contributed by atoms with Gasteiger partial charge in [0, 0.05) is 15.5 Å². The zero-order chi connectivity index (χ0) is 26.3. The van der Waals surface area contributed by atoms with Gasteiger partial charge in [0.15, 0.2) is 11.5 Å². The highest BCUT2D eigenvalue weighted by Crippen LogP contribution is 2.43. The van der Waals surface area contributed by atoms with E-state index >= 15 is 0 Å². The van der Waals surface area contributed by atoms with Crippen molar-refractivity contribution in [2.45, 2.75) is 26.0 Å². The topological polar surface area (TPSA) is 104 Å². The number of fused-ring (bicyclic) bond motifs is 1. The maximum atomic E-state index is 13.8. The highest BCUT2D eigenvalue weighted by Gasteiger charge is 2.45. The second kappa shape index (κ2) is 9.60. The maximum Gasteiger partial charge on any atom is 0.294 e. The maximum absolute atomic E-state index is 13.8. The molecule has 0 saturated carbocycles. The van der Waals surface area contributed by atoms with Crippen LogP contribution in [-0.4, -0.2) is 22.9 Å². The van der Waals surface area contributed by atoms with Crippen molar-refractivity contribution in [1.29, 1.82) is 5.26 Å². The van der Waals surface area contributed by atoms with Crippen molar-refractivity contribution in [3.8, 4) is 11.8 Å². The van der Waals surface area contributed by atoms with Crippen molar-refractivity contribution in [2.24, 2.45) is 0 Å². The summed E-state index contributed by atoms with van der Waals surface area (Å²) in [6.45, 7) is 3.83. The fourth-order valence-electron chi connectivity index (χ4n) is 4.38. The smallest absolute Gasteiger partial charge is 0.294 e. The van der Waals surface area contributed by atoms with Crippen LogP contribution in [0.5, 0.6) is 5.75 Å². The van der Waals surface area contributed by atoms with Gasteiger partial charge in [-0.3, -0.25) is 14.5 Å². The molecule has 0 radical (unpaired) electrons. The molecule has 1 amide bonds. The lowest BCUT2D eigenvalue weighted by Crippen LogP contribution is -2.31. The summed E-state index contributed by atoms with van der Waals surface area (Å²) in [6.07, 6.45) is -0.0248. The van der Waals surface area contributed by atoms with E-state index < -0.39 is 23.5 Å². The number of hydrogen-bond donors (Lipinski definition) is 1. The third-order valence-corrected chi connectivity index (χ3v) is 6.49. The predicted molar refractivity (Wildman–Crippen MR) is 141 cm³/mol. The van der Waals surface area contributed by atoms with Crippen LogP contribution < -0.4 is 9.64 Å². The van der Waals surface area contributed by atoms with E-state index in [9.17, 15) is 20.0 Å². The summed E-state index contributed by atoms with van der Waals surface area (Å²) >= 11 is 3.41. The number of furan rings is 1. The second-order valence-electron chi connectivity index (χ2n) is 8.86. The molecule has 1 atom stereocenters. The Morgan fingerprint density at radius 3 is 2.43 bits per heavy atom. The fourth-order valence-corrected chi connectivity index (χ4v) is 4.75. The molecule has 0 spiro atoms. The van der Waals surface area contributed by atoms with Crippen molar-refractivity contribution in [1.82, 2.24) is 0 Å². The molecule has 1 N–H and O–H groups in total. The molecule has 1 aromatic heterocycles. The van der Waals surface area contributed by atoms with Crippen molar-refractivity contribution in [2.75, 3.05) is 4.90 Å². The molecule has 7 nitrogen and oxygen atoms in total. The summed E-state index contributed by atoms with van der Waals surface area (Å²) in [6, 6.07) is 21.5. The predicted octanol–water partition coefficient (Wildman–Crippen LogP) is 6.64. The lowest BCUT2D eigenvalue weighted by molar-refractivity contribution is -0.117. The Morgan fingerprint density at radius 1 is 1.08 bits per heavy atom.